The Morgan fingerprint density at radius 2 is 2.24 bits per heavy atom. The lowest BCUT2D eigenvalue weighted by Gasteiger charge is -2.29. The number of hydrogen-bond acceptors (Lipinski definition) is 5. The molecule has 1 aromatic carbocycles. The van der Waals surface area contributed by atoms with Gasteiger partial charge in [-0.1, -0.05) is 12.1 Å². The molecule has 1 N–H and O–H groups in total. The van der Waals surface area contributed by atoms with Gasteiger partial charge in [-0.2, -0.15) is 4.31 Å². The first-order valence-electron chi connectivity index (χ1n) is 6.75. The van der Waals surface area contributed by atoms with Crippen LogP contribution in [0.3, 0.4) is 0 Å². The molecule has 1 atom stereocenters. The van der Waals surface area contributed by atoms with Crippen LogP contribution in [0.2, 0.25) is 0 Å². The minimum atomic E-state index is -3.50. The van der Waals surface area contributed by atoms with E-state index in [1.54, 1.807) is 18.2 Å². The first-order valence-corrected chi connectivity index (χ1v) is 8.36. The molecular weight excluding hydrogens is 294 g/mol. The fourth-order valence-electron chi connectivity index (χ4n) is 2.38. The summed E-state index contributed by atoms with van der Waals surface area (Å²) in [6.45, 7) is 0.565. The molecule has 7 heteroatoms. The summed E-state index contributed by atoms with van der Waals surface area (Å²) in [5.74, 6) is -0.687. The fourth-order valence-corrected chi connectivity index (χ4v) is 3.97. The Labute approximate surface area is 124 Å². The van der Waals surface area contributed by atoms with Crippen LogP contribution in [0.4, 0.5) is 0 Å². The average molecular weight is 313 g/mol. The van der Waals surface area contributed by atoms with E-state index in [1.807, 2.05) is 0 Å². The van der Waals surface area contributed by atoms with E-state index in [1.165, 1.54) is 17.5 Å². The van der Waals surface area contributed by atoms with E-state index in [2.05, 4.69) is 4.74 Å². The van der Waals surface area contributed by atoms with Crippen molar-refractivity contribution in [3.8, 4) is 0 Å². The molecule has 1 saturated heterocycles. The van der Waals surface area contributed by atoms with Gasteiger partial charge in [0.25, 0.3) is 0 Å². The van der Waals surface area contributed by atoms with E-state index in [-0.39, 0.29) is 12.3 Å². The number of aliphatic hydroxyl groups excluding tert-OH is 1. The zero-order valence-corrected chi connectivity index (χ0v) is 12.7. The zero-order chi connectivity index (χ0) is 15.5. The van der Waals surface area contributed by atoms with E-state index in [4.69, 9.17) is 0 Å². The molecule has 6 nitrogen and oxygen atoms in total. The van der Waals surface area contributed by atoms with Gasteiger partial charge in [0.2, 0.25) is 10.0 Å². The highest BCUT2D eigenvalue weighted by molar-refractivity contribution is 7.88. The Bertz CT molecular complexity index is 614. The highest BCUT2D eigenvalue weighted by Gasteiger charge is 2.28. The van der Waals surface area contributed by atoms with Crippen molar-refractivity contribution in [3.05, 3.63) is 35.4 Å². The predicted octanol–water partition coefficient (Wildman–Crippen LogP) is 0.760. The average Bonchev–Trinajstić information content (AvgIpc) is 2.46. The monoisotopic (exact) mass is 313 g/mol. The van der Waals surface area contributed by atoms with E-state index in [0.717, 1.165) is 0 Å². The third-order valence-corrected chi connectivity index (χ3v) is 5.27. The van der Waals surface area contributed by atoms with Crippen molar-refractivity contribution in [3.63, 3.8) is 0 Å². The summed E-state index contributed by atoms with van der Waals surface area (Å²) in [5.41, 5.74) is 0.849. The summed E-state index contributed by atoms with van der Waals surface area (Å²) in [6.07, 6.45) is 0.682. The lowest BCUT2D eigenvalue weighted by Crippen LogP contribution is -2.42. The van der Waals surface area contributed by atoms with Crippen LogP contribution >= 0.6 is 0 Å². The molecule has 0 amide bonds. The number of esters is 1. The second kappa shape index (κ2) is 6.55. The molecule has 0 saturated carbocycles. The number of β-amino-alcohol motifs (C(OH)–C–C–N with tert-alkyl or cyclic N) is 1. The number of piperidine rings is 1. The number of benzene rings is 1. The van der Waals surface area contributed by atoms with Crippen molar-refractivity contribution in [1.82, 2.24) is 4.31 Å². The van der Waals surface area contributed by atoms with Crippen molar-refractivity contribution >= 4 is 16.0 Å². The molecule has 0 spiro atoms. The summed E-state index contributed by atoms with van der Waals surface area (Å²) in [4.78, 5) is 11.5. The molecule has 1 aromatic rings. The largest absolute Gasteiger partial charge is 0.465 e. The maximum absolute atomic E-state index is 12.3. The first-order chi connectivity index (χ1) is 9.92. The Morgan fingerprint density at radius 3 is 2.90 bits per heavy atom. The number of nitrogens with zero attached hydrogens (tertiary/aromatic N) is 1. The standard InChI is InChI=1S/C14H19NO5S/c1-20-14(17)12-5-2-4-11(8-12)10-21(18,19)15-7-3-6-13(16)9-15/h2,4-5,8,13,16H,3,6-7,9-10H2,1H3. The van der Waals surface area contributed by atoms with Gasteiger partial charge in [-0.05, 0) is 30.5 Å². The van der Waals surface area contributed by atoms with Crippen molar-refractivity contribution in [2.75, 3.05) is 20.2 Å². The molecule has 2 rings (SSSR count). The third-order valence-electron chi connectivity index (χ3n) is 3.45. The number of carbonyl (C=O) groups is 1. The minimum Gasteiger partial charge on any atom is -0.465 e. The number of hydrogen-bond donors (Lipinski definition) is 1. The van der Waals surface area contributed by atoms with Crippen LogP contribution in [0.25, 0.3) is 0 Å². The Kier molecular flexibility index (Phi) is 4.97. The van der Waals surface area contributed by atoms with Crippen LogP contribution in [0, 0.1) is 0 Å². The van der Waals surface area contributed by atoms with Crippen LogP contribution in [0.15, 0.2) is 24.3 Å². The molecule has 21 heavy (non-hydrogen) atoms. The Hall–Kier alpha value is -1.44. The maximum Gasteiger partial charge on any atom is 0.337 e. The molecule has 116 valence electrons. The predicted molar refractivity (Wildman–Crippen MR) is 77.2 cm³/mol. The topological polar surface area (TPSA) is 83.9 Å². The third kappa shape index (κ3) is 4.03. The lowest BCUT2D eigenvalue weighted by molar-refractivity contribution is 0.0600. The van der Waals surface area contributed by atoms with Crippen molar-refractivity contribution in [1.29, 1.82) is 0 Å². The van der Waals surface area contributed by atoms with Gasteiger partial charge in [-0.15, -0.1) is 0 Å². The highest BCUT2D eigenvalue weighted by atomic mass is 32.2. The van der Waals surface area contributed by atoms with Gasteiger partial charge in [0, 0.05) is 13.1 Å². The molecule has 0 aromatic heterocycles. The number of rotatable bonds is 4. The summed E-state index contributed by atoms with van der Waals surface area (Å²) >= 11 is 0. The highest BCUT2D eigenvalue weighted by Crippen LogP contribution is 2.18. The number of aliphatic hydroxyl groups is 1. The molecule has 0 radical (unpaired) electrons. The van der Waals surface area contributed by atoms with Crippen molar-refractivity contribution in [2.45, 2.75) is 24.7 Å². The van der Waals surface area contributed by atoms with Crippen molar-refractivity contribution < 1.29 is 23.1 Å². The normalized spacial score (nSPS) is 20.2. The van der Waals surface area contributed by atoms with Gasteiger partial charge in [0.05, 0.1) is 24.5 Å². The quantitative estimate of drug-likeness (QED) is 0.830. The summed E-state index contributed by atoms with van der Waals surface area (Å²) in [5, 5.41) is 9.59. The smallest absolute Gasteiger partial charge is 0.337 e. The van der Waals surface area contributed by atoms with Crippen LogP contribution in [0.1, 0.15) is 28.8 Å². The van der Waals surface area contributed by atoms with Gasteiger partial charge < -0.3 is 9.84 Å². The number of methoxy groups -OCH3 is 1. The molecule has 1 unspecified atom stereocenters. The van der Waals surface area contributed by atoms with Crippen LogP contribution in [-0.4, -0.2) is 50.1 Å². The van der Waals surface area contributed by atoms with Gasteiger partial charge in [-0.25, -0.2) is 13.2 Å². The van der Waals surface area contributed by atoms with Crippen LogP contribution in [-0.2, 0) is 20.5 Å². The molecule has 1 aliphatic rings. The first kappa shape index (κ1) is 15.9. The van der Waals surface area contributed by atoms with Crippen LogP contribution < -0.4 is 0 Å². The van der Waals surface area contributed by atoms with Gasteiger partial charge >= 0.3 is 5.97 Å². The summed E-state index contributed by atoms with van der Waals surface area (Å²) in [6, 6.07) is 6.38. The van der Waals surface area contributed by atoms with Gasteiger partial charge in [0.15, 0.2) is 0 Å². The molecule has 1 fully saturated rings. The second-order valence-electron chi connectivity index (χ2n) is 5.10. The Balaban J connectivity index is 2.14. The van der Waals surface area contributed by atoms with Gasteiger partial charge in [0.1, 0.15) is 0 Å². The SMILES string of the molecule is COC(=O)c1cccc(CS(=O)(=O)N2CCCC(O)C2)c1. The van der Waals surface area contributed by atoms with E-state index in [9.17, 15) is 18.3 Å². The Morgan fingerprint density at radius 1 is 1.48 bits per heavy atom. The second-order valence-corrected chi connectivity index (χ2v) is 7.07. The number of sulfonamides is 1. The molecule has 1 heterocycles. The minimum absolute atomic E-state index is 0.138. The zero-order valence-electron chi connectivity index (χ0n) is 11.9. The fraction of sp³-hybridized carbons (Fsp3) is 0.500. The maximum atomic E-state index is 12.3. The molecular formula is C14H19NO5S. The van der Waals surface area contributed by atoms with Crippen LogP contribution in [0.5, 0.6) is 0 Å². The molecule has 1 aliphatic heterocycles. The molecule has 0 bridgehead atoms. The van der Waals surface area contributed by atoms with E-state index in [0.29, 0.717) is 30.5 Å². The van der Waals surface area contributed by atoms with E-state index >= 15 is 0 Å². The summed E-state index contributed by atoms with van der Waals surface area (Å²) < 4.78 is 30.6. The lowest BCUT2D eigenvalue weighted by atomic mass is 10.1. The molecule has 0 aliphatic carbocycles. The number of carbonyl (C=O) groups excluding carboxylic acids is 1. The van der Waals surface area contributed by atoms with Crippen molar-refractivity contribution in [2.24, 2.45) is 0 Å². The van der Waals surface area contributed by atoms with E-state index < -0.39 is 22.1 Å². The van der Waals surface area contributed by atoms with Gasteiger partial charge in [-0.3, -0.25) is 0 Å². The number of ether oxygens (including phenoxy) is 1. The summed E-state index contributed by atoms with van der Waals surface area (Å²) in [7, 11) is -2.22.